The number of carbonyl (C=O) groups excluding carboxylic acids is 1. The molecule has 0 aromatic rings. The number of aliphatic hydroxyl groups is 1. The summed E-state index contributed by atoms with van der Waals surface area (Å²) >= 11 is 0. The Labute approximate surface area is 98.8 Å². The van der Waals surface area contributed by atoms with Crippen LogP contribution in [0.2, 0.25) is 0 Å². The smallest absolute Gasteiger partial charge is 0.233 e. The maximum absolute atomic E-state index is 11.3. The minimum Gasteiger partial charge on any atom is -0.392 e. The van der Waals surface area contributed by atoms with Gasteiger partial charge in [0.2, 0.25) is 5.91 Å². The Hall–Kier alpha value is -0.610. The van der Waals surface area contributed by atoms with E-state index < -0.39 is 0 Å². The molecule has 0 aromatic heterocycles. The van der Waals surface area contributed by atoms with E-state index in [0.717, 1.165) is 6.42 Å². The van der Waals surface area contributed by atoms with Gasteiger partial charge in [-0.25, -0.2) is 0 Å². The van der Waals surface area contributed by atoms with E-state index in [2.05, 4.69) is 38.3 Å². The second-order valence-electron chi connectivity index (χ2n) is 5.11. The van der Waals surface area contributed by atoms with Crippen LogP contribution in [0.25, 0.3) is 0 Å². The first-order chi connectivity index (χ1) is 7.41. The predicted octanol–water partition coefficient (Wildman–Crippen LogP) is 0.755. The molecule has 16 heavy (non-hydrogen) atoms. The summed E-state index contributed by atoms with van der Waals surface area (Å²) in [5.41, 5.74) is 0. The summed E-state index contributed by atoms with van der Waals surface area (Å²) in [5.74, 6) is 0.937. The minimum atomic E-state index is -0.363. The molecule has 0 saturated carbocycles. The van der Waals surface area contributed by atoms with Gasteiger partial charge in [-0.05, 0) is 18.3 Å². The van der Waals surface area contributed by atoms with Crippen molar-refractivity contribution in [2.24, 2.45) is 11.8 Å². The van der Waals surface area contributed by atoms with Crippen LogP contribution in [0.5, 0.6) is 0 Å². The Morgan fingerprint density at radius 3 is 2.25 bits per heavy atom. The van der Waals surface area contributed by atoms with E-state index in [9.17, 15) is 9.90 Å². The van der Waals surface area contributed by atoms with Gasteiger partial charge in [-0.1, -0.05) is 27.7 Å². The molecule has 1 amide bonds. The van der Waals surface area contributed by atoms with E-state index in [0.29, 0.717) is 24.9 Å². The molecule has 0 aliphatic rings. The third-order valence-electron chi connectivity index (χ3n) is 2.12. The Kier molecular flexibility index (Phi) is 8.21. The third kappa shape index (κ3) is 9.93. The molecule has 0 spiro atoms. The molecule has 0 rings (SSSR count). The number of nitrogens with one attached hydrogen (secondary N) is 2. The van der Waals surface area contributed by atoms with E-state index in [1.807, 2.05) is 0 Å². The molecule has 0 heterocycles. The molecule has 96 valence electrons. The summed E-state index contributed by atoms with van der Waals surface area (Å²) < 4.78 is 0. The molecule has 0 saturated heterocycles. The molecule has 0 fully saturated rings. The fourth-order valence-corrected chi connectivity index (χ4v) is 1.36. The van der Waals surface area contributed by atoms with Crippen LogP contribution in [0.3, 0.4) is 0 Å². The van der Waals surface area contributed by atoms with E-state index in [-0.39, 0.29) is 18.6 Å². The van der Waals surface area contributed by atoms with E-state index in [1.54, 1.807) is 0 Å². The van der Waals surface area contributed by atoms with Crippen molar-refractivity contribution >= 4 is 5.91 Å². The minimum absolute atomic E-state index is 0.00885. The van der Waals surface area contributed by atoms with Crippen molar-refractivity contribution in [3.05, 3.63) is 0 Å². The Morgan fingerprint density at radius 2 is 1.75 bits per heavy atom. The molecule has 4 nitrogen and oxygen atoms in total. The summed E-state index contributed by atoms with van der Waals surface area (Å²) in [4.78, 5) is 11.3. The lowest BCUT2D eigenvalue weighted by molar-refractivity contribution is -0.120. The summed E-state index contributed by atoms with van der Waals surface area (Å²) in [7, 11) is 0. The fraction of sp³-hybridized carbons (Fsp3) is 0.917. The van der Waals surface area contributed by atoms with Crippen LogP contribution in [0.1, 0.15) is 34.1 Å². The van der Waals surface area contributed by atoms with Gasteiger partial charge in [0, 0.05) is 13.1 Å². The van der Waals surface area contributed by atoms with E-state index in [4.69, 9.17) is 0 Å². The van der Waals surface area contributed by atoms with Crippen molar-refractivity contribution in [3.8, 4) is 0 Å². The number of rotatable bonds is 8. The van der Waals surface area contributed by atoms with Gasteiger partial charge < -0.3 is 15.7 Å². The van der Waals surface area contributed by atoms with Crippen LogP contribution in [0, 0.1) is 11.8 Å². The van der Waals surface area contributed by atoms with Crippen LogP contribution < -0.4 is 10.6 Å². The van der Waals surface area contributed by atoms with Gasteiger partial charge in [-0.2, -0.15) is 0 Å². The fourth-order valence-electron chi connectivity index (χ4n) is 1.36. The van der Waals surface area contributed by atoms with E-state index >= 15 is 0 Å². The number of amides is 1. The standard InChI is InChI=1S/C12H26N2O2/c1-9(2)5-11(15)7-13-8-12(16)14-6-10(3)4/h9-11,13,15H,5-8H2,1-4H3,(H,14,16). The highest BCUT2D eigenvalue weighted by molar-refractivity contribution is 5.77. The zero-order valence-corrected chi connectivity index (χ0v) is 10.9. The summed E-state index contributed by atoms with van der Waals surface area (Å²) in [5, 5.41) is 15.3. The highest BCUT2D eigenvalue weighted by atomic mass is 16.3. The summed E-state index contributed by atoms with van der Waals surface area (Å²) in [6.45, 7) is 9.71. The van der Waals surface area contributed by atoms with Gasteiger partial charge in [0.05, 0.1) is 12.6 Å². The van der Waals surface area contributed by atoms with Gasteiger partial charge in [-0.3, -0.25) is 4.79 Å². The van der Waals surface area contributed by atoms with Crippen molar-refractivity contribution < 1.29 is 9.90 Å². The zero-order valence-electron chi connectivity index (χ0n) is 10.9. The number of aliphatic hydroxyl groups excluding tert-OH is 1. The summed E-state index contributed by atoms with van der Waals surface area (Å²) in [6, 6.07) is 0. The Bertz CT molecular complexity index is 193. The normalized spacial score (nSPS) is 13.2. The lowest BCUT2D eigenvalue weighted by Gasteiger charge is -2.14. The highest BCUT2D eigenvalue weighted by Gasteiger charge is 2.07. The molecular weight excluding hydrogens is 204 g/mol. The predicted molar refractivity (Wildman–Crippen MR) is 66.2 cm³/mol. The van der Waals surface area contributed by atoms with Crippen LogP contribution in [-0.2, 0) is 4.79 Å². The van der Waals surface area contributed by atoms with Crippen molar-refractivity contribution in [1.82, 2.24) is 10.6 Å². The van der Waals surface area contributed by atoms with Crippen LogP contribution in [0.15, 0.2) is 0 Å². The lowest BCUT2D eigenvalue weighted by atomic mass is 10.1. The first-order valence-electron chi connectivity index (χ1n) is 6.07. The van der Waals surface area contributed by atoms with Gasteiger partial charge >= 0.3 is 0 Å². The average Bonchev–Trinajstić information content (AvgIpc) is 2.13. The monoisotopic (exact) mass is 230 g/mol. The van der Waals surface area contributed by atoms with Gasteiger partial charge in [0.25, 0.3) is 0 Å². The molecule has 0 radical (unpaired) electrons. The lowest BCUT2D eigenvalue weighted by Crippen LogP contribution is -2.38. The first-order valence-corrected chi connectivity index (χ1v) is 6.07. The number of hydrogen-bond acceptors (Lipinski definition) is 3. The number of carbonyl (C=O) groups is 1. The van der Waals surface area contributed by atoms with Crippen molar-refractivity contribution in [2.75, 3.05) is 19.6 Å². The maximum atomic E-state index is 11.3. The molecule has 0 aliphatic heterocycles. The second-order valence-corrected chi connectivity index (χ2v) is 5.11. The number of hydrogen-bond donors (Lipinski definition) is 3. The van der Waals surface area contributed by atoms with Crippen molar-refractivity contribution in [2.45, 2.75) is 40.2 Å². The molecule has 3 N–H and O–H groups in total. The van der Waals surface area contributed by atoms with E-state index in [1.165, 1.54) is 0 Å². The third-order valence-corrected chi connectivity index (χ3v) is 2.12. The quantitative estimate of drug-likeness (QED) is 0.577. The van der Waals surface area contributed by atoms with Crippen molar-refractivity contribution in [3.63, 3.8) is 0 Å². The average molecular weight is 230 g/mol. The van der Waals surface area contributed by atoms with Gasteiger partial charge in [0.15, 0.2) is 0 Å². The zero-order chi connectivity index (χ0) is 12.6. The van der Waals surface area contributed by atoms with Crippen LogP contribution in [0.4, 0.5) is 0 Å². The highest BCUT2D eigenvalue weighted by Crippen LogP contribution is 2.02. The molecule has 1 unspecified atom stereocenters. The van der Waals surface area contributed by atoms with Crippen LogP contribution >= 0.6 is 0 Å². The molecule has 0 aromatic carbocycles. The largest absolute Gasteiger partial charge is 0.392 e. The first kappa shape index (κ1) is 15.4. The molecule has 4 heteroatoms. The summed E-state index contributed by atoms with van der Waals surface area (Å²) in [6.07, 6.45) is 0.401. The topological polar surface area (TPSA) is 61.4 Å². The maximum Gasteiger partial charge on any atom is 0.233 e. The van der Waals surface area contributed by atoms with Crippen molar-refractivity contribution in [1.29, 1.82) is 0 Å². The second kappa shape index (κ2) is 8.53. The molecule has 1 atom stereocenters. The Morgan fingerprint density at radius 1 is 1.12 bits per heavy atom. The SMILES string of the molecule is CC(C)CNC(=O)CNCC(O)CC(C)C. The molecule has 0 aliphatic carbocycles. The Balaban J connectivity index is 3.46. The molecule has 0 bridgehead atoms. The molecular formula is C12H26N2O2. The van der Waals surface area contributed by atoms with Crippen LogP contribution in [-0.4, -0.2) is 36.8 Å². The van der Waals surface area contributed by atoms with Gasteiger partial charge in [0.1, 0.15) is 0 Å². The van der Waals surface area contributed by atoms with Gasteiger partial charge in [-0.15, -0.1) is 0 Å².